The number of urea groups is 1. The van der Waals surface area contributed by atoms with Gasteiger partial charge in [-0.25, -0.2) is 13.6 Å². The second-order valence-electron chi connectivity index (χ2n) is 5.87. The molecule has 0 aliphatic rings. The number of nitrogens with zero attached hydrogens (tertiary/aromatic N) is 2. The zero-order chi connectivity index (χ0) is 19.4. The summed E-state index contributed by atoms with van der Waals surface area (Å²) in [5.41, 5.74) is 12.8. The van der Waals surface area contributed by atoms with Crippen LogP contribution in [0.4, 0.5) is 19.3 Å². The third-order valence-corrected chi connectivity index (χ3v) is 4.12. The molecule has 0 radical (unpaired) electrons. The number of anilines is 1. The van der Waals surface area contributed by atoms with Crippen molar-refractivity contribution in [2.24, 2.45) is 5.73 Å². The minimum atomic E-state index is -0.721. The molecule has 1 heterocycles. The predicted molar refractivity (Wildman–Crippen MR) is 97.5 cm³/mol. The number of nitrogens with two attached hydrogens (primary N) is 2. The molecule has 2 aromatic carbocycles. The third-order valence-electron chi connectivity index (χ3n) is 4.12. The summed E-state index contributed by atoms with van der Waals surface area (Å²) >= 11 is 0. The first-order valence-corrected chi connectivity index (χ1v) is 8.12. The topological polar surface area (TPSA) is 107 Å². The maximum absolute atomic E-state index is 14.8. The van der Waals surface area contributed by atoms with E-state index in [9.17, 15) is 13.6 Å². The quantitative estimate of drug-likeness (QED) is 0.601. The van der Waals surface area contributed by atoms with Crippen LogP contribution in [0.3, 0.4) is 0 Å². The molecule has 0 fully saturated rings. The number of carbonyl (C=O) groups is 1. The Balaban J connectivity index is 2.11. The highest BCUT2D eigenvalue weighted by atomic mass is 19.1. The molecule has 3 rings (SSSR count). The van der Waals surface area contributed by atoms with E-state index in [0.29, 0.717) is 22.4 Å². The van der Waals surface area contributed by atoms with Crippen LogP contribution in [0, 0.1) is 11.6 Å². The van der Waals surface area contributed by atoms with Gasteiger partial charge in [0.25, 0.3) is 0 Å². The average Bonchev–Trinajstić information content (AvgIpc) is 2.66. The maximum atomic E-state index is 14.8. The molecule has 3 aromatic rings. The molecule has 0 spiro atoms. The van der Waals surface area contributed by atoms with Crippen molar-refractivity contribution < 1.29 is 13.6 Å². The van der Waals surface area contributed by atoms with Crippen LogP contribution in [0.5, 0.6) is 0 Å². The Bertz CT molecular complexity index is 994. The smallest absolute Gasteiger partial charge is 0.312 e. The number of hydrogen-bond acceptors (Lipinski definition) is 4. The molecule has 2 amide bonds. The Morgan fingerprint density at radius 3 is 2.59 bits per heavy atom. The minimum Gasteiger partial charge on any atom is -0.396 e. The molecule has 0 unspecified atom stereocenters. The maximum Gasteiger partial charge on any atom is 0.312 e. The Kier molecular flexibility index (Phi) is 5.25. The van der Waals surface area contributed by atoms with Gasteiger partial charge in [0.1, 0.15) is 11.6 Å². The van der Waals surface area contributed by atoms with Gasteiger partial charge >= 0.3 is 6.03 Å². The summed E-state index contributed by atoms with van der Waals surface area (Å²) < 4.78 is 28.9. The average molecular weight is 369 g/mol. The summed E-state index contributed by atoms with van der Waals surface area (Å²) in [5.74, 6) is -1.06. The lowest BCUT2D eigenvalue weighted by molar-refractivity contribution is 0.248. The van der Waals surface area contributed by atoms with Gasteiger partial charge in [0.15, 0.2) is 0 Å². The minimum absolute atomic E-state index is 0.00386. The normalized spacial score (nSPS) is 10.6. The molecule has 0 bridgehead atoms. The zero-order valence-electron chi connectivity index (χ0n) is 14.2. The van der Waals surface area contributed by atoms with E-state index < -0.39 is 17.7 Å². The Morgan fingerprint density at radius 1 is 1.07 bits per heavy atom. The largest absolute Gasteiger partial charge is 0.396 e. The van der Waals surface area contributed by atoms with E-state index in [4.69, 9.17) is 11.5 Å². The summed E-state index contributed by atoms with van der Waals surface area (Å²) in [7, 11) is 0. The number of amides is 2. The monoisotopic (exact) mass is 369 g/mol. The molecule has 5 N–H and O–H groups in total. The van der Waals surface area contributed by atoms with Crippen LogP contribution < -0.4 is 16.8 Å². The van der Waals surface area contributed by atoms with Gasteiger partial charge in [0.2, 0.25) is 0 Å². The van der Waals surface area contributed by atoms with Crippen molar-refractivity contribution >= 4 is 11.7 Å². The van der Waals surface area contributed by atoms with Gasteiger partial charge in [-0.1, -0.05) is 24.3 Å². The number of aromatic nitrogens is 2. The van der Waals surface area contributed by atoms with Crippen LogP contribution >= 0.6 is 0 Å². The number of rotatable bonds is 5. The SMILES string of the molecule is NC(=O)NCc1nnccc1-c1ccc(N)c(F)c1Cc1ccccc1F. The first-order chi connectivity index (χ1) is 13.0. The highest BCUT2D eigenvalue weighted by Gasteiger charge is 2.18. The third kappa shape index (κ3) is 4.00. The van der Waals surface area contributed by atoms with Crippen LogP contribution in [0.2, 0.25) is 0 Å². The van der Waals surface area contributed by atoms with Gasteiger partial charge in [-0.05, 0) is 29.3 Å². The highest BCUT2D eigenvalue weighted by molar-refractivity contribution is 5.74. The molecule has 0 aliphatic carbocycles. The summed E-state index contributed by atoms with van der Waals surface area (Å²) in [6, 6.07) is 10.1. The van der Waals surface area contributed by atoms with E-state index in [2.05, 4.69) is 15.5 Å². The number of halogens is 2. The van der Waals surface area contributed by atoms with Crippen LogP contribution in [0.1, 0.15) is 16.8 Å². The van der Waals surface area contributed by atoms with E-state index >= 15 is 0 Å². The Morgan fingerprint density at radius 2 is 1.85 bits per heavy atom. The van der Waals surface area contributed by atoms with Crippen LogP contribution in [-0.4, -0.2) is 16.2 Å². The standard InChI is InChI=1S/C19H17F2N5O/c20-15-4-2-1-3-11(15)9-14-12(5-6-16(22)18(14)21)13-7-8-25-26-17(13)10-24-19(23)27/h1-8H,9-10,22H2,(H3,23,24,27). The second kappa shape index (κ2) is 7.77. The van der Waals surface area contributed by atoms with Gasteiger partial charge in [-0.2, -0.15) is 10.2 Å². The Hall–Kier alpha value is -3.55. The summed E-state index contributed by atoms with van der Waals surface area (Å²) in [4.78, 5) is 11.0. The summed E-state index contributed by atoms with van der Waals surface area (Å²) in [6.07, 6.45) is 1.45. The first kappa shape index (κ1) is 18.2. The fourth-order valence-corrected chi connectivity index (χ4v) is 2.80. The zero-order valence-corrected chi connectivity index (χ0v) is 14.2. The van der Waals surface area contributed by atoms with Gasteiger partial charge in [0.05, 0.1) is 24.1 Å². The number of benzene rings is 2. The molecule has 0 saturated carbocycles. The van der Waals surface area contributed by atoms with E-state index in [-0.39, 0.29) is 24.2 Å². The van der Waals surface area contributed by atoms with Crippen molar-refractivity contribution in [3.05, 3.63) is 77.1 Å². The van der Waals surface area contributed by atoms with E-state index in [0.717, 1.165) is 0 Å². The fourth-order valence-electron chi connectivity index (χ4n) is 2.80. The van der Waals surface area contributed by atoms with Gasteiger partial charge < -0.3 is 16.8 Å². The first-order valence-electron chi connectivity index (χ1n) is 8.12. The van der Waals surface area contributed by atoms with Crippen molar-refractivity contribution in [2.45, 2.75) is 13.0 Å². The van der Waals surface area contributed by atoms with Crippen molar-refractivity contribution in [2.75, 3.05) is 5.73 Å². The van der Waals surface area contributed by atoms with Crippen molar-refractivity contribution in [1.82, 2.24) is 15.5 Å². The lowest BCUT2D eigenvalue weighted by atomic mass is 9.93. The molecule has 0 aliphatic heterocycles. The van der Waals surface area contributed by atoms with Gasteiger partial charge in [-0.15, -0.1) is 0 Å². The van der Waals surface area contributed by atoms with Gasteiger partial charge in [-0.3, -0.25) is 0 Å². The second-order valence-corrected chi connectivity index (χ2v) is 5.87. The highest BCUT2D eigenvalue weighted by Crippen LogP contribution is 2.32. The Labute approximate surface area is 154 Å². The molecule has 0 atom stereocenters. The number of nitrogen functional groups attached to an aromatic ring is 1. The molecule has 138 valence electrons. The van der Waals surface area contributed by atoms with Crippen molar-refractivity contribution in [3.8, 4) is 11.1 Å². The predicted octanol–water partition coefficient (Wildman–Crippen LogP) is 2.76. The van der Waals surface area contributed by atoms with Crippen LogP contribution in [0.15, 0.2) is 48.7 Å². The number of nitrogens with one attached hydrogen (secondary N) is 1. The fraction of sp³-hybridized carbons (Fsp3) is 0.105. The molecule has 8 heteroatoms. The van der Waals surface area contributed by atoms with E-state index in [1.54, 1.807) is 30.3 Å². The molecule has 27 heavy (non-hydrogen) atoms. The summed E-state index contributed by atoms with van der Waals surface area (Å²) in [5, 5.41) is 10.2. The lowest BCUT2D eigenvalue weighted by Crippen LogP contribution is -2.29. The van der Waals surface area contributed by atoms with Crippen LogP contribution in [0.25, 0.3) is 11.1 Å². The lowest BCUT2D eigenvalue weighted by Gasteiger charge is -2.15. The van der Waals surface area contributed by atoms with Crippen LogP contribution in [-0.2, 0) is 13.0 Å². The van der Waals surface area contributed by atoms with E-state index in [1.807, 2.05) is 0 Å². The molecular formula is C19H17F2N5O. The van der Waals surface area contributed by atoms with Crippen molar-refractivity contribution in [3.63, 3.8) is 0 Å². The number of carbonyl (C=O) groups excluding carboxylic acids is 1. The summed E-state index contributed by atoms with van der Waals surface area (Å²) in [6.45, 7) is 0.0175. The van der Waals surface area contributed by atoms with Crippen molar-refractivity contribution in [1.29, 1.82) is 0 Å². The number of primary amides is 1. The molecule has 6 nitrogen and oxygen atoms in total. The molecule has 0 saturated heterocycles. The van der Waals surface area contributed by atoms with Gasteiger partial charge in [0, 0.05) is 17.5 Å². The molecule has 1 aromatic heterocycles. The molecular weight excluding hydrogens is 352 g/mol. The number of hydrogen-bond donors (Lipinski definition) is 3. The van der Waals surface area contributed by atoms with E-state index in [1.165, 1.54) is 18.3 Å².